The third-order valence-electron chi connectivity index (χ3n) is 10.4. The predicted octanol–water partition coefficient (Wildman–Crippen LogP) is 5.13. The molecule has 1 aromatic heterocycles. The number of methoxy groups -OCH3 is 1. The Morgan fingerprint density at radius 2 is 1.91 bits per heavy atom. The lowest BCUT2D eigenvalue weighted by Gasteiger charge is -2.41. The fourth-order valence-corrected chi connectivity index (χ4v) is 7.75. The number of hydrogen-bond acceptors (Lipinski definition) is 10. The van der Waals surface area contributed by atoms with Gasteiger partial charge in [0.05, 0.1) is 43.5 Å². The maximum atomic E-state index is 14.7. The van der Waals surface area contributed by atoms with E-state index >= 15 is 0 Å². The molecule has 2 N–H and O–H groups in total. The van der Waals surface area contributed by atoms with Crippen LogP contribution in [0.25, 0.3) is 10.9 Å². The Morgan fingerprint density at radius 3 is 2.58 bits per heavy atom. The van der Waals surface area contributed by atoms with Crippen LogP contribution in [0.4, 0.5) is 4.79 Å². The average Bonchev–Trinajstić information content (AvgIpc) is 3.46. The number of alkyl carbamates (subject to hydrolysis) is 1. The molecule has 2 aromatic rings. The summed E-state index contributed by atoms with van der Waals surface area (Å²) in [7, 11) is 1.55. The van der Waals surface area contributed by atoms with Crippen molar-refractivity contribution in [2.24, 2.45) is 5.92 Å². The number of pyridine rings is 1. The first-order chi connectivity index (χ1) is 25.2. The number of aromatic nitrogens is 1. The molecule has 0 bridgehead atoms. The molecule has 1 spiro atoms. The number of nitrogens with one attached hydrogen (secondary N) is 2. The Balaban J connectivity index is 1.42. The summed E-state index contributed by atoms with van der Waals surface area (Å²) in [6.45, 7) is 8.81. The first-order valence-corrected chi connectivity index (χ1v) is 18.6. The molecular weight excluding hydrogens is 680 g/mol. The molecule has 6 rings (SSSR count). The topological polar surface area (TPSA) is 162 Å². The monoisotopic (exact) mass is 730 g/mol. The highest BCUT2D eigenvalue weighted by molar-refractivity contribution is 6.11. The highest BCUT2D eigenvalue weighted by Crippen LogP contribution is 2.46. The van der Waals surface area contributed by atoms with E-state index < -0.39 is 58.6 Å². The number of hydrogen-bond donors (Lipinski definition) is 2. The molecule has 4 heterocycles. The van der Waals surface area contributed by atoms with Crippen LogP contribution < -0.4 is 20.1 Å². The lowest BCUT2D eigenvalue weighted by Crippen LogP contribution is -2.65. The van der Waals surface area contributed by atoms with E-state index in [1.54, 1.807) is 59.1 Å². The second-order valence-electron chi connectivity index (χ2n) is 15.3. The summed E-state index contributed by atoms with van der Waals surface area (Å²) in [5.41, 5.74) is -2.00. The number of aryl methyl sites for hydroxylation is 1. The molecule has 5 unspecified atom stereocenters. The van der Waals surface area contributed by atoms with Gasteiger partial charge in [0.15, 0.2) is 17.1 Å². The minimum absolute atomic E-state index is 0.0443. The van der Waals surface area contributed by atoms with E-state index in [0.29, 0.717) is 52.9 Å². The largest absolute Gasteiger partial charge is 0.497 e. The molecule has 4 aliphatic rings. The van der Waals surface area contributed by atoms with Gasteiger partial charge in [-0.25, -0.2) is 14.6 Å². The first-order valence-electron chi connectivity index (χ1n) is 18.6. The number of carbonyl (C=O) groups is 5. The number of nitrogens with zero attached hydrogens (tertiary/aromatic N) is 2. The number of Topliss-reactive ketones (excluding diaryl/α,β-unsaturated/α-hetero) is 1. The quantitative estimate of drug-likeness (QED) is 0.312. The van der Waals surface area contributed by atoms with Crippen LogP contribution >= 0.6 is 0 Å². The zero-order chi connectivity index (χ0) is 38.1. The molecule has 3 amide bonds. The Bertz CT molecular complexity index is 1870. The van der Waals surface area contributed by atoms with Crippen molar-refractivity contribution in [3.05, 3.63) is 53.8 Å². The molecule has 1 fully saturated rings. The lowest BCUT2D eigenvalue weighted by molar-refractivity contribution is -0.154. The summed E-state index contributed by atoms with van der Waals surface area (Å²) in [6, 6.07) is 3.16. The molecule has 3 aliphatic heterocycles. The number of amides is 3. The molecule has 1 saturated heterocycles. The zero-order valence-electron chi connectivity index (χ0n) is 31.4. The predicted molar refractivity (Wildman–Crippen MR) is 196 cm³/mol. The highest BCUT2D eigenvalue weighted by Gasteiger charge is 2.57. The highest BCUT2D eigenvalue weighted by atomic mass is 16.6. The number of ether oxygens (including phenoxy) is 4. The Kier molecular flexibility index (Phi) is 10.6. The van der Waals surface area contributed by atoms with Gasteiger partial charge in [0, 0.05) is 17.7 Å². The van der Waals surface area contributed by atoms with Gasteiger partial charge in [0.25, 0.3) is 0 Å². The SMILES string of the molecule is CCOC(=O)C12C=CC1C=CCCCCCC(NC(=O)OC(C)(C)C)C(=O)N1CC3(CC(=O)c4c(c(CC)nc5ccc(OC)cc45)O3)CC1C(=O)N2. The maximum Gasteiger partial charge on any atom is 0.408 e. The summed E-state index contributed by atoms with van der Waals surface area (Å²) in [5.74, 6) is -1.51. The van der Waals surface area contributed by atoms with E-state index in [1.807, 2.05) is 25.2 Å². The Labute approximate surface area is 309 Å². The van der Waals surface area contributed by atoms with E-state index in [1.165, 1.54) is 4.90 Å². The third kappa shape index (κ3) is 7.48. The molecule has 0 saturated carbocycles. The molecule has 13 nitrogen and oxygen atoms in total. The van der Waals surface area contributed by atoms with Crippen LogP contribution in [0, 0.1) is 5.92 Å². The molecule has 53 heavy (non-hydrogen) atoms. The minimum Gasteiger partial charge on any atom is -0.497 e. The number of ketones is 1. The van der Waals surface area contributed by atoms with Gasteiger partial charge in [-0.3, -0.25) is 14.4 Å². The summed E-state index contributed by atoms with van der Waals surface area (Å²) in [5, 5.41) is 6.31. The van der Waals surface area contributed by atoms with E-state index in [9.17, 15) is 24.0 Å². The van der Waals surface area contributed by atoms with Crippen molar-refractivity contribution >= 4 is 40.6 Å². The summed E-state index contributed by atoms with van der Waals surface area (Å²) in [6.07, 6.45) is 10.1. The standard InChI is InChI=1S/C40H50N4O9/c1-7-27-33-32(26-20-25(50-6)16-17-28(26)41-27)31(45)22-39(52-33)21-30-34(46)43-40(36(48)51-8-2)19-18-24(40)14-12-10-9-11-13-15-29(35(47)44(30)23-39)42-37(49)53-38(3,4)5/h12,14,16-20,24,29-30H,7-11,13,15,21-23H2,1-6H3,(H,42,49)(H,43,46). The van der Waals surface area contributed by atoms with Crippen molar-refractivity contribution in [1.82, 2.24) is 20.5 Å². The number of esters is 1. The van der Waals surface area contributed by atoms with E-state index in [0.717, 1.165) is 19.3 Å². The van der Waals surface area contributed by atoms with Crippen LogP contribution in [0.1, 0.15) is 95.6 Å². The van der Waals surface area contributed by atoms with Crippen LogP contribution in [0.3, 0.4) is 0 Å². The molecule has 284 valence electrons. The van der Waals surface area contributed by atoms with Crippen LogP contribution in [0.15, 0.2) is 42.5 Å². The van der Waals surface area contributed by atoms with Crippen molar-refractivity contribution in [3.8, 4) is 11.5 Å². The second kappa shape index (κ2) is 14.8. The number of carbonyl (C=O) groups excluding carboxylic acids is 5. The zero-order valence-corrected chi connectivity index (χ0v) is 31.4. The van der Waals surface area contributed by atoms with Crippen LogP contribution in [0.2, 0.25) is 0 Å². The Morgan fingerprint density at radius 1 is 1.11 bits per heavy atom. The van der Waals surface area contributed by atoms with Gasteiger partial charge in [-0.1, -0.05) is 44.1 Å². The van der Waals surface area contributed by atoms with Crippen molar-refractivity contribution in [1.29, 1.82) is 0 Å². The van der Waals surface area contributed by atoms with Gasteiger partial charge < -0.3 is 34.5 Å². The van der Waals surface area contributed by atoms with Crippen molar-refractivity contribution in [2.45, 2.75) is 115 Å². The van der Waals surface area contributed by atoms with Gasteiger partial charge in [0.2, 0.25) is 11.8 Å². The van der Waals surface area contributed by atoms with Gasteiger partial charge in [-0.2, -0.15) is 0 Å². The first kappa shape index (κ1) is 37.8. The second-order valence-corrected chi connectivity index (χ2v) is 15.3. The normalized spacial score (nSPS) is 27.3. The van der Waals surface area contributed by atoms with E-state index in [2.05, 4.69) is 10.6 Å². The van der Waals surface area contributed by atoms with Crippen molar-refractivity contribution < 1.29 is 42.9 Å². The Hall–Kier alpha value is -4.94. The van der Waals surface area contributed by atoms with Crippen LogP contribution in [-0.4, -0.2) is 88.6 Å². The van der Waals surface area contributed by atoms with Crippen molar-refractivity contribution in [3.63, 3.8) is 0 Å². The van der Waals surface area contributed by atoms with Gasteiger partial charge in [-0.05, 0) is 71.6 Å². The lowest BCUT2D eigenvalue weighted by atomic mass is 9.73. The van der Waals surface area contributed by atoms with Crippen LogP contribution in [-0.2, 0) is 30.3 Å². The number of benzene rings is 1. The summed E-state index contributed by atoms with van der Waals surface area (Å²) >= 11 is 0. The number of allylic oxidation sites excluding steroid dienone is 1. The fraction of sp³-hybridized carbons (Fsp3) is 0.550. The minimum atomic E-state index is -1.48. The fourth-order valence-electron chi connectivity index (χ4n) is 7.75. The summed E-state index contributed by atoms with van der Waals surface area (Å²) < 4.78 is 23.2. The molecule has 13 heteroatoms. The smallest absolute Gasteiger partial charge is 0.408 e. The van der Waals surface area contributed by atoms with Gasteiger partial charge in [0.1, 0.15) is 29.0 Å². The molecule has 0 radical (unpaired) electrons. The molecule has 1 aromatic carbocycles. The summed E-state index contributed by atoms with van der Waals surface area (Å²) in [4.78, 5) is 76.4. The van der Waals surface area contributed by atoms with E-state index in [-0.39, 0.29) is 31.8 Å². The molecule has 1 aliphatic carbocycles. The number of fused-ring (bicyclic) bond motifs is 5. The van der Waals surface area contributed by atoms with Gasteiger partial charge in [-0.15, -0.1) is 0 Å². The maximum absolute atomic E-state index is 14.7. The number of rotatable bonds is 5. The average molecular weight is 731 g/mol. The van der Waals surface area contributed by atoms with Crippen LogP contribution in [0.5, 0.6) is 11.5 Å². The molecular formula is C40H50N4O9. The van der Waals surface area contributed by atoms with Gasteiger partial charge >= 0.3 is 12.1 Å². The third-order valence-corrected chi connectivity index (χ3v) is 10.4. The van der Waals surface area contributed by atoms with E-state index in [4.69, 9.17) is 23.9 Å². The molecule has 5 atom stereocenters. The van der Waals surface area contributed by atoms with Crippen molar-refractivity contribution in [2.75, 3.05) is 20.3 Å².